The van der Waals surface area contributed by atoms with Gasteiger partial charge in [-0.2, -0.15) is 0 Å². The summed E-state index contributed by atoms with van der Waals surface area (Å²) in [5.74, 6) is 0.0573. The van der Waals surface area contributed by atoms with Gasteiger partial charge in [-0.3, -0.25) is 0 Å². The van der Waals surface area contributed by atoms with Crippen molar-refractivity contribution in [3.05, 3.63) is 29.8 Å². The second kappa shape index (κ2) is 3.85. The van der Waals surface area contributed by atoms with Crippen LogP contribution in [0.2, 0.25) is 0 Å². The summed E-state index contributed by atoms with van der Waals surface area (Å²) in [6, 6.07) is 6.34. The van der Waals surface area contributed by atoms with Crippen molar-refractivity contribution in [3.63, 3.8) is 0 Å². The van der Waals surface area contributed by atoms with Crippen LogP contribution >= 0.6 is 0 Å². The first-order valence-corrected chi connectivity index (χ1v) is 6.38. The van der Waals surface area contributed by atoms with E-state index in [1.165, 1.54) is 12.1 Å². The molecule has 1 aromatic rings. The van der Waals surface area contributed by atoms with Gasteiger partial charge in [0.2, 0.25) is 0 Å². The van der Waals surface area contributed by atoms with E-state index in [2.05, 4.69) is 0 Å². The minimum absolute atomic E-state index is 0.0368. The Morgan fingerprint density at radius 3 is 2.33 bits per heavy atom. The van der Waals surface area contributed by atoms with Gasteiger partial charge in [0.15, 0.2) is 9.84 Å². The third kappa shape index (κ3) is 2.96. The van der Waals surface area contributed by atoms with Crippen LogP contribution in [0.5, 0.6) is 5.75 Å². The highest BCUT2D eigenvalue weighted by molar-refractivity contribution is 7.91. The minimum atomic E-state index is -3.18. The lowest BCUT2D eigenvalue weighted by molar-refractivity contribution is 0.474. The molecule has 0 aliphatic heterocycles. The van der Waals surface area contributed by atoms with Crippen LogP contribution in [-0.2, 0) is 15.6 Å². The molecular weight excluding hydrogens is 212 g/mol. The summed E-state index contributed by atoms with van der Waals surface area (Å²) >= 11 is 0. The fourth-order valence-corrected chi connectivity index (χ4v) is 2.13. The third-order valence-corrected chi connectivity index (χ3v) is 4.78. The molecule has 0 aliphatic rings. The normalized spacial score (nSPS) is 12.7. The Balaban J connectivity index is 2.98. The van der Waals surface area contributed by atoms with E-state index in [4.69, 9.17) is 0 Å². The van der Waals surface area contributed by atoms with Crippen molar-refractivity contribution in [2.24, 2.45) is 0 Å². The van der Waals surface area contributed by atoms with Crippen LogP contribution in [-0.4, -0.2) is 18.3 Å². The van der Waals surface area contributed by atoms with E-state index in [0.29, 0.717) is 5.56 Å². The molecule has 0 amide bonds. The summed E-state index contributed by atoms with van der Waals surface area (Å²) in [5.41, 5.74) is 0.616. The summed E-state index contributed by atoms with van der Waals surface area (Å²) in [5, 5.41) is 9.22. The Morgan fingerprint density at radius 1 is 1.27 bits per heavy atom. The topological polar surface area (TPSA) is 54.4 Å². The molecule has 0 unspecified atom stereocenters. The van der Waals surface area contributed by atoms with Crippen molar-refractivity contribution in [3.8, 4) is 5.75 Å². The van der Waals surface area contributed by atoms with Crippen molar-refractivity contribution in [2.45, 2.75) is 31.3 Å². The lowest BCUT2D eigenvalue weighted by atomic mass is 10.2. The number of benzene rings is 1. The number of phenolic OH excluding ortho intramolecular Hbond substituents is 1. The molecule has 84 valence electrons. The standard InChI is InChI=1S/C11H16O3S/c1-11(2,3)15(13,14)8-9-5-4-6-10(12)7-9/h4-7,12H,8H2,1-3H3. The van der Waals surface area contributed by atoms with Gasteiger partial charge < -0.3 is 5.11 Å². The number of phenols is 1. The highest BCUT2D eigenvalue weighted by atomic mass is 32.2. The van der Waals surface area contributed by atoms with Gasteiger partial charge in [-0.05, 0) is 38.5 Å². The summed E-state index contributed by atoms with van der Waals surface area (Å²) in [7, 11) is -3.18. The molecule has 1 N–H and O–H groups in total. The average molecular weight is 228 g/mol. The number of aromatic hydroxyl groups is 1. The van der Waals surface area contributed by atoms with Crippen LogP contribution < -0.4 is 0 Å². The summed E-state index contributed by atoms with van der Waals surface area (Å²) in [6.07, 6.45) is 0. The van der Waals surface area contributed by atoms with Gasteiger partial charge in [0.25, 0.3) is 0 Å². The zero-order valence-corrected chi connectivity index (χ0v) is 10.0. The molecule has 0 heterocycles. The maximum Gasteiger partial charge on any atom is 0.159 e. The van der Waals surface area contributed by atoms with Crippen LogP contribution in [0.1, 0.15) is 26.3 Å². The molecule has 0 aromatic heterocycles. The first kappa shape index (κ1) is 12.0. The molecule has 15 heavy (non-hydrogen) atoms. The molecule has 0 spiro atoms. The molecule has 0 atom stereocenters. The zero-order valence-electron chi connectivity index (χ0n) is 9.19. The van der Waals surface area contributed by atoms with E-state index in [1.54, 1.807) is 32.9 Å². The predicted molar refractivity (Wildman–Crippen MR) is 60.5 cm³/mol. The van der Waals surface area contributed by atoms with Crippen molar-refractivity contribution in [1.82, 2.24) is 0 Å². The molecule has 0 aliphatic carbocycles. The highest BCUT2D eigenvalue weighted by Gasteiger charge is 2.28. The van der Waals surface area contributed by atoms with Gasteiger partial charge >= 0.3 is 0 Å². The summed E-state index contributed by atoms with van der Waals surface area (Å²) in [6.45, 7) is 5.02. The average Bonchev–Trinajstić information content (AvgIpc) is 2.00. The van der Waals surface area contributed by atoms with Crippen LogP contribution in [0.15, 0.2) is 24.3 Å². The van der Waals surface area contributed by atoms with E-state index in [-0.39, 0.29) is 11.5 Å². The molecule has 0 saturated heterocycles. The van der Waals surface area contributed by atoms with Gasteiger partial charge in [0, 0.05) is 0 Å². The van der Waals surface area contributed by atoms with Crippen molar-refractivity contribution in [1.29, 1.82) is 0 Å². The first-order valence-electron chi connectivity index (χ1n) is 4.72. The molecule has 0 fully saturated rings. The summed E-state index contributed by atoms with van der Waals surface area (Å²) in [4.78, 5) is 0. The van der Waals surface area contributed by atoms with Crippen LogP contribution in [0.25, 0.3) is 0 Å². The Hall–Kier alpha value is -1.03. The predicted octanol–water partition coefficient (Wildman–Crippen LogP) is 2.11. The number of hydrogen-bond donors (Lipinski definition) is 1. The Labute approximate surface area is 90.7 Å². The maximum atomic E-state index is 11.9. The maximum absolute atomic E-state index is 11.9. The van der Waals surface area contributed by atoms with Gasteiger partial charge in [-0.15, -0.1) is 0 Å². The minimum Gasteiger partial charge on any atom is -0.508 e. The molecule has 3 nitrogen and oxygen atoms in total. The second-order valence-corrected chi connectivity index (χ2v) is 7.28. The van der Waals surface area contributed by atoms with E-state index in [9.17, 15) is 13.5 Å². The van der Waals surface area contributed by atoms with Gasteiger partial charge in [-0.25, -0.2) is 8.42 Å². The lowest BCUT2D eigenvalue weighted by Gasteiger charge is -2.19. The van der Waals surface area contributed by atoms with E-state index in [0.717, 1.165) is 0 Å². The fourth-order valence-electron chi connectivity index (χ4n) is 1.08. The lowest BCUT2D eigenvalue weighted by Crippen LogP contribution is -2.29. The zero-order chi connectivity index (χ0) is 11.7. The molecule has 0 bridgehead atoms. The van der Waals surface area contributed by atoms with Crippen LogP contribution in [0, 0.1) is 0 Å². The largest absolute Gasteiger partial charge is 0.508 e. The smallest absolute Gasteiger partial charge is 0.159 e. The van der Waals surface area contributed by atoms with Crippen LogP contribution in [0.3, 0.4) is 0 Å². The number of hydrogen-bond acceptors (Lipinski definition) is 3. The quantitative estimate of drug-likeness (QED) is 0.843. The Morgan fingerprint density at radius 2 is 1.87 bits per heavy atom. The molecule has 1 rings (SSSR count). The van der Waals surface area contributed by atoms with Crippen molar-refractivity contribution >= 4 is 9.84 Å². The van der Waals surface area contributed by atoms with E-state index < -0.39 is 14.6 Å². The molecule has 0 saturated carbocycles. The molecule has 4 heteroatoms. The Bertz CT molecular complexity index is 441. The SMILES string of the molecule is CC(C)(C)S(=O)(=O)Cc1cccc(O)c1. The summed E-state index contributed by atoms with van der Waals surface area (Å²) < 4.78 is 22.9. The second-order valence-electron chi connectivity index (χ2n) is 4.54. The van der Waals surface area contributed by atoms with E-state index in [1.807, 2.05) is 0 Å². The van der Waals surface area contributed by atoms with E-state index >= 15 is 0 Å². The van der Waals surface area contributed by atoms with Crippen molar-refractivity contribution < 1.29 is 13.5 Å². The fraction of sp³-hybridized carbons (Fsp3) is 0.455. The highest BCUT2D eigenvalue weighted by Crippen LogP contribution is 2.22. The third-order valence-electron chi connectivity index (χ3n) is 2.20. The molecule has 0 radical (unpaired) electrons. The van der Waals surface area contributed by atoms with Gasteiger partial charge in [0.1, 0.15) is 5.75 Å². The Kier molecular flexibility index (Phi) is 3.09. The number of sulfone groups is 1. The first-order chi connectivity index (χ1) is 6.72. The van der Waals surface area contributed by atoms with Crippen LogP contribution in [0.4, 0.5) is 0 Å². The van der Waals surface area contributed by atoms with Gasteiger partial charge in [-0.1, -0.05) is 12.1 Å². The van der Waals surface area contributed by atoms with Gasteiger partial charge in [0.05, 0.1) is 10.5 Å². The van der Waals surface area contributed by atoms with Crippen molar-refractivity contribution in [2.75, 3.05) is 0 Å². The molecule has 1 aromatic carbocycles. The molecular formula is C11H16O3S. The number of rotatable bonds is 2. The monoisotopic (exact) mass is 228 g/mol.